The average molecular weight is 639 g/mol. The summed E-state index contributed by atoms with van der Waals surface area (Å²) >= 11 is 0. The minimum absolute atomic E-state index is 0.0289. The van der Waals surface area contributed by atoms with Crippen LogP contribution < -0.4 is 10.6 Å². The van der Waals surface area contributed by atoms with E-state index in [-0.39, 0.29) is 34.5 Å². The first kappa shape index (κ1) is 37.2. The Hall–Kier alpha value is -4.97. The van der Waals surface area contributed by atoms with Gasteiger partial charge in [-0.1, -0.05) is 50.6 Å². The van der Waals surface area contributed by atoms with Gasteiger partial charge in [0.05, 0.1) is 0 Å². The van der Waals surface area contributed by atoms with Gasteiger partial charge in [-0.25, -0.2) is 9.59 Å². The van der Waals surface area contributed by atoms with Gasteiger partial charge in [-0.15, -0.1) is 0 Å². The molecule has 0 aromatic heterocycles. The number of aliphatic hydroxyl groups excluding tert-OH is 3. The second-order valence-electron chi connectivity index (χ2n) is 11.0. The van der Waals surface area contributed by atoms with Crippen LogP contribution >= 0.6 is 0 Å². The first-order chi connectivity index (χ1) is 21.7. The van der Waals surface area contributed by atoms with Gasteiger partial charge in [0, 0.05) is 36.9 Å². The zero-order valence-corrected chi connectivity index (χ0v) is 26.4. The second-order valence-corrected chi connectivity index (χ2v) is 11.0. The third-order valence-electron chi connectivity index (χ3n) is 7.26. The quantitative estimate of drug-likeness (QED) is 0.0475. The number of Topliss-reactive ketones (excluding diaryl/α,β-unsaturated/α-hetero) is 1. The largest absolute Gasteiger partial charge is 0.508 e. The number of allylic oxidation sites excluding steroid dienone is 9. The Morgan fingerprint density at radius 3 is 2.39 bits per heavy atom. The van der Waals surface area contributed by atoms with E-state index >= 15 is 0 Å². The topological polar surface area (TPSA) is 200 Å². The highest BCUT2D eigenvalue weighted by atomic mass is 16.6. The molecule has 1 heterocycles. The van der Waals surface area contributed by atoms with Gasteiger partial charge >= 0.3 is 11.9 Å². The number of carboxylic acid groups (broad SMARTS) is 1. The number of aliphatic hydroxyl groups is 3. The van der Waals surface area contributed by atoms with Crippen molar-refractivity contribution >= 4 is 29.4 Å². The fraction of sp³-hybridized carbons (Fsp3) is 0.382. The molecule has 3 atom stereocenters. The minimum atomic E-state index is -1.86. The number of amides is 1. The summed E-state index contributed by atoms with van der Waals surface area (Å²) in [5, 5.41) is 44.9. The van der Waals surface area contributed by atoms with Crippen LogP contribution in [0.3, 0.4) is 0 Å². The van der Waals surface area contributed by atoms with Crippen LogP contribution in [-0.4, -0.2) is 74.6 Å². The fourth-order valence-electron chi connectivity index (χ4n) is 4.55. The van der Waals surface area contributed by atoms with E-state index < -0.39 is 53.4 Å². The van der Waals surface area contributed by atoms with Crippen molar-refractivity contribution in [2.75, 3.05) is 13.2 Å². The average Bonchev–Trinajstić information content (AvgIpc) is 3.26. The number of hydrogen-bond donors (Lipinski definition) is 6. The summed E-state index contributed by atoms with van der Waals surface area (Å²) in [7, 11) is 0. The van der Waals surface area contributed by atoms with Crippen LogP contribution in [0, 0.1) is 5.92 Å². The number of carbonyl (C=O) groups is 5. The monoisotopic (exact) mass is 638 g/mol. The standard InChI is InChI=1S/C34H42N2O10/c1-5-21(2)12-8-6-7-9-13-24(39)18-29(41)30-27-17-23(16-25(40)20-37)26(31(42)34(27,4)46-33(30)45)19-35-15-11-10-14-28(32(43)44)36-22(3)38/h6-9,12-13,16-19,21,28,35,37,39,41H,5,10-11,14-15,20H2,1-4H3,(H,36,38)(H,43,44). The van der Waals surface area contributed by atoms with Gasteiger partial charge < -0.3 is 35.8 Å². The number of rotatable bonds is 16. The van der Waals surface area contributed by atoms with Crippen LogP contribution in [-0.2, 0) is 28.7 Å². The molecule has 1 amide bonds. The van der Waals surface area contributed by atoms with Crippen LogP contribution in [0.1, 0.15) is 53.4 Å². The number of hydrogen-bond acceptors (Lipinski definition) is 10. The number of esters is 1. The molecule has 2 aliphatic rings. The van der Waals surface area contributed by atoms with E-state index in [0.29, 0.717) is 25.3 Å². The Kier molecular flexibility index (Phi) is 14.2. The number of carboxylic acids is 1. The summed E-state index contributed by atoms with van der Waals surface area (Å²) < 4.78 is 5.43. The summed E-state index contributed by atoms with van der Waals surface area (Å²) in [6.07, 6.45) is 16.9. The van der Waals surface area contributed by atoms with E-state index in [1.165, 1.54) is 38.3 Å². The van der Waals surface area contributed by atoms with Gasteiger partial charge in [0.25, 0.3) is 0 Å². The number of carbonyl (C=O) groups excluding carboxylic acids is 4. The van der Waals surface area contributed by atoms with Crippen molar-refractivity contribution in [3.63, 3.8) is 0 Å². The van der Waals surface area contributed by atoms with Crippen LogP contribution in [0.5, 0.6) is 0 Å². The lowest BCUT2D eigenvalue weighted by Gasteiger charge is -2.29. The highest BCUT2D eigenvalue weighted by Gasteiger charge is 2.54. The van der Waals surface area contributed by atoms with E-state index in [9.17, 15) is 44.4 Å². The Bertz CT molecular complexity index is 1460. The maximum atomic E-state index is 13.7. The normalized spacial score (nSPS) is 22.7. The smallest absolute Gasteiger partial charge is 0.343 e. The Balaban J connectivity index is 2.32. The van der Waals surface area contributed by atoms with E-state index in [1.807, 2.05) is 12.2 Å². The zero-order chi connectivity index (χ0) is 34.4. The van der Waals surface area contributed by atoms with Gasteiger partial charge in [0.2, 0.25) is 11.7 Å². The first-order valence-electron chi connectivity index (χ1n) is 14.9. The minimum Gasteiger partial charge on any atom is -0.508 e. The van der Waals surface area contributed by atoms with Crippen molar-refractivity contribution in [3.05, 3.63) is 94.7 Å². The van der Waals surface area contributed by atoms with Crippen LogP contribution in [0.25, 0.3) is 0 Å². The summed E-state index contributed by atoms with van der Waals surface area (Å²) in [6, 6.07) is -1.03. The molecule has 0 radical (unpaired) electrons. The molecule has 1 fully saturated rings. The predicted octanol–water partition coefficient (Wildman–Crippen LogP) is 3.50. The molecule has 0 spiro atoms. The molecule has 12 heteroatoms. The molecule has 0 aromatic rings. The highest BCUT2D eigenvalue weighted by molar-refractivity contribution is 6.17. The van der Waals surface area contributed by atoms with E-state index in [2.05, 4.69) is 24.5 Å². The van der Waals surface area contributed by atoms with Gasteiger partial charge in [-0.05, 0) is 55.9 Å². The molecule has 46 heavy (non-hydrogen) atoms. The molecule has 2 rings (SSSR count). The second kappa shape index (κ2) is 17.5. The number of aliphatic carboxylic acids is 1. The summed E-state index contributed by atoms with van der Waals surface area (Å²) in [4.78, 5) is 61.2. The highest BCUT2D eigenvalue weighted by Crippen LogP contribution is 2.45. The lowest BCUT2D eigenvalue weighted by Crippen LogP contribution is -2.41. The SMILES string of the molecule is CCC(C)C=CC=CC=CC(O)=CC(O)=C1C(=O)OC2(C)C(=O)C(=CNCCCCC(NC(C)=O)C(=O)O)C(=CC(=O)CO)C=C12. The lowest BCUT2D eigenvalue weighted by molar-refractivity contribution is -0.151. The maximum Gasteiger partial charge on any atom is 0.343 e. The number of unbranched alkanes of at least 4 members (excludes halogenated alkanes) is 1. The number of fused-ring (bicyclic) bond motifs is 1. The van der Waals surface area contributed by atoms with Crippen molar-refractivity contribution in [1.82, 2.24) is 10.6 Å². The molecular formula is C34H42N2O10. The molecule has 12 nitrogen and oxygen atoms in total. The molecular weight excluding hydrogens is 596 g/mol. The van der Waals surface area contributed by atoms with Crippen molar-refractivity contribution in [2.24, 2.45) is 5.92 Å². The van der Waals surface area contributed by atoms with Crippen molar-refractivity contribution in [3.8, 4) is 0 Å². The van der Waals surface area contributed by atoms with E-state index in [1.54, 1.807) is 12.2 Å². The number of nitrogens with one attached hydrogen (secondary N) is 2. The Morgan fingerprint density at radius 1 is 1.07 bits per heavy atom. The molecule has 0 bridgehead atoms. The lowest BCUT2D eigenvalue weighted by atomic mass is 9.76. The zero-order valence-electron chi connectivity index (χ0n) is 26.4. The van der Waals surface area contributed by atoms with Crippen molar-refractivity contribution in [1.29, 1.82) is 0 Å². The third kappa shape index (κ3) is 10.3. The van der Waals surface area contributed by atoms with Gasteiger partial charge in [0.1, 0.15) is 29.7 Å². The predicted molar refractivity (Wildman–Crippen MR) is 170 cm³/mol. The summed E-state index contributed by atoms with van der Waals surface area (Å²) in [6.45, 7) is 6.18. The molecule has 0 aromatic carbocycles. The molecule has 1 aliphatic carbocycles. The van der Waals surface area contributed by atoms with Crippen LogP contribution in [0.15, 0.2) is 94.7 Å². The van der Waals surface area contributed by atoms with Crippen LogP contribution in [0.4, 0.5) is 0 Å². The van der Waals surface area contributed by atoms with Crippen LogP contribution in [0.2, 0.25) is 0 Å². The van der Waals surface area contributed by atoms with E-state index in [4.69, 9.17) is 4.74 Å². The van der Waals surface area contributed by atoms with E-state index in [0.717, 1.165) is 18.6 Å². The third-order valence-corrected chi connectivity index (χ3v) is 7.26. The molecule has 6 N–H and O–H groups in total. The molecule has 3 unspecified atom stereocenters. The molecule has 1 aliphatic heterocycles. The summed E-state index contributed by atoms with van der Waals surface area (Å²) in [5.41, 5.74) is -2.24. The number of ketones is 2. The first-order valence-corrected chi connectivity index (χ1v) is 14.9. The molecule has 1 saturated heterocycles. The van der Waals surface area contributed by atoms with Gasteiger partial charge in [-0.2, -0.15) is 0 Å². The number of ether oxygens (including phenoxy) is 1. The summed E-state index contributed by atoms with van der Waals surface area (Å²) in [5.74, 6) is -4.66. The Labute approximate surface area is 267 Å². The van der Waals surface area contributed by atoms with Gasteiger partial charge in [0.15, 0.2) is 11.4 Å². The molecule has 0 saturated carbocycles. The maximum absolute atomic E-state index is 13.7. The van der Waals surface area contributed by atoms with Gasteiger partial charge in [-0.3, -0.25) is 14.4 Å². The fourth-order valence-corrected chi connectivity index (χ4v) is 4.55. The van der Waals surface area contributed by atoms with Crippen molar-refractivity contribution < 1.29 is 49.1 Å². The Morgan fingerprint density at radius 2 is 1.76 bits per heavy atom. The van der Waals surface area contributed by atoms with Crippen molar-refractivity contribution in [2.45, 2.75) is 65.0 Å². The molecule has 248 valence electrons.